The Bertz CT molecular complexity index is 893. The highest BCUT2D eigenvalue weighted by molar-refractivity contribution is 5.93. The molecule has 0 fully saturated rings. The summed E-state index contributed by atoms with van der Waals surface area (Å²) in [6.07, 6.45) is -0.982. The fourth-order valence-corrected chi connectivity index (χ4v) is 2.21. The van der Waals surface area contributed by atoms with Crippen molar-refractivity contribution < 1.29 is 22.7 Å². The number of nitrogens with zero attached hydrogens (tertiary/aromatic N) is 4. The molecule has 0 saturated heterocycles. The number of nitrogens with one attached hydrogen (secondary N) is 1. The van der Waals surface area contributed by atoms with Crippen LogP contribution in [-0.4, -0.2) is 44.8 Å². The van der Waals surface area contributed by atoms with E-state index in [4.69, 9.17) is 0 Å². The Morgan fingerprint density at radius 3 is 2.77 bits per heavy atom. The summed E-state index contributed by atoms with van der Waals surface area (Å²) in [5.74, 6) is 0.109. The second kappa shape index (κ2) is 7.38. The summed E-state index contributed by atoms with van der Waals surface area (Å²) in [6.45, 7) is -1.11. The lowest BCUT2D eigenvalue weighted by Gasteiger charge is -2.09. The van der Waals surface area contributed by atoms with Gasteiger partial charge in [-0.2, -0.15) is 13.2 Å². The Morgan fingerprint density at radius 1 is 1.19 bits per heavy atom. The number of halogens is 3. The van der Waals surface area contributed by atoms with E-state index in [2.05, 4.69) is 25.2 Å². The van der Waals surface area contributed by atoms with Gasteiger partial charge in [0.25, 0.3) is 5.91 Å². The summed E-state index contributed by atoms with van der Waals surface area (Å²) in [5.41, 5.74) is 0.933. The normalized spacial score (nSPS) is 11.5. The average Bonchev–Trinajstić information content (AvgIpc) is 3.03. The third kappa shape index (κ3) is 4.47. The van der Waals surface area contributed by atoms with Gasteiger partial charge >= 0.3 is 6.18 Å². The molecular formula is C16H14F3N5O2. The van der Waals surface area contributed by atoms with Crippen molar-refractivity contribution >= 4 is 11.6 Å². The van der Waals surface area contributed by atoms with E-state index in [0.29, 0.717) is 24.4 Å². The fraction of sp³-hybridized carbons (Fsp3) is 0.250. The zero-order chi connectivity index (χ0) is 18.6. The molecule has 0 aliphatic heterocycles. The molecule has 0 radical (unpaired) electrons. The molecule has 0 bridgehead atoms. The number of ether oxygens (including phenoxy) is 1. The van der Waals surface area contributed by atoms with Crippen molar-refractivity contribution in [2.24, 2.45) is 0 Å². The van der Waals surface area contributed by atoms with Crippen LogP contribution in [0.1, 0.15) is 16.2 Å². The van der Waals surface area contributed by atoms with Crippen LogP contribution in [0, 0.1) is 0 Å². The highest BCUT2D eigenvalue weighted by Crippen LogP contribution is 2.17. The second-order valence-corrected chi connectivity index (χ2v) is 5.34. The van der Waals surface area contributed by atoms with Gasteiger partial charge in [-0.15, -0.1) is 10.2 Å². The highest BCUT2D eigenvalue weighted by Gasteiger charge is 2.28. The van der Waals surface area contributed by atoms with E-state index < -0.39 is 18.7 Å². The number of alkyl halides is 3. The van der Waals surface area contributed by atoms with E-state index in [1.807, 2.05) is 28.8 Å². The molecule has 10 heteroatoms. The minimum atomic E-state index is -4.44. The largest absolute Gasteiger partial charge is 0.468 e. The first-order valence-corrected chi connectivity index (χ1v) is 7.65. The molecule has 0 unspecified atom stereocenters. The number of amides is 1. The Hall–Kier alpha value is -3.17. The SMILES string of the molecule is O=C(NCCc1nnc2ccccn12)c1ccc(OCC(F)(F)F)nc1. The zero-order valence-electron chi connectivity index (χ0n) is 13.4. The fourth-order valence-electron chi connectivity index (χ4n) is 2.21. The van der Waals surface area contributed by atoms with Gasteiger partial charge in [-0.3, -0.25) is 9.20 Å². The maximum Gasteiger partial charge on any atom is 0.422 e. The van der Waals surface area contributed by atoms with Gasteiger partial charge in [-0.25, -0.2) is 4.98 Å². The number of rotatable bonds is 6. The van der Waals surface area contributed by atoms with Crippen LogP contribution in [0.2, 0.25) is 0 Å². The molecule has 0 aliphatic rings. The number of hydrogen-bond donors (Lipinski definition) is 1. The lowest BCUT2D eigenvalue weighted by atomic mass is 10.2. The van der Waals surface area contributed by atoms with Crippen LogP contribution in [0.4, 0.5) is 13.2 Å². The van der Waals surface area contributed by atoms with Crippen molar-refractivity contribution in [1.29, 1.82) is 0 Å². The standard InChI is InChI=1S/C16H14F3N5O2/c17-16(18,19)10-26-14-5-4-11(9-21-14)15(25)20-7-6-13-23-22-12-3-1-2-8-24(12)13/h1-5,8-9H,6-7,10H2,(H,20,25). The number of fused-ring (bicyclic) bond motifs is 1. The molecule has 3 aromatic rings. The molecule has 26 heavy (non-hydrogen) atoms. The van der Waals surface area contributed by atoms with Gasteiger partial charge < -0.3 is 10.1 Å². The van der Waals surface area contributed by atoms with E-state index in [9.17, 15) is 18.0 Å². The van der Waals surface area contributed by atoms with E-state index in [1.54, 1.807) is 0 Å². The first-order valence-electron chi connectivity index (χ1n) is 7.65. The zero-order valence-corrected chi connectivity index (χ0v) is 13.4. The van der Waals surface area contributed by atoms with Crippen LogP contribution < -0.4 is 10.1 Å². The molecule has 136 valence electrons. The van der Waals surface area contributed by atoms with Crippen molar-refractivity contribution in [1.82, 2.24) is 24.9 Å². The maximum atomic E-state index is 12.1. The van der Waals surface area contributed by atoms with Crippen LogP contribution >= 0.6 is 0 Å². The first-order chi connectivity index (χ1) is 12.4. The van der Waals surface area contributed by atoms with E-state index in [0.717, 1.165) is 6.20 Å². The smallest absolute Gasteiger partial charge is 0.422 e. The molecule has 3 heterocycles. The van der Waals surface area contributed by atoms with Gasteiger partial charge in [0.05, 0.1) is 5.56 Å². The Labute approximate surface area is 145 Å². The van der Waals surface area contributed by atoms with E-state index in [1.165, 1.54) is 12.1 Å². The molecule has 0 aromatic carbocycles. The molecule has 0 saturated carbocycles. The van der Waals surface area contributed by atoms with Crippen molar-refractivity contribution in [3.63, 3.8) is 0 Å². The van der Waals surface area contributed by atoms with Gasteiger partial charge in [0.2, 0.25) is 5.88 Å². The molecule has 0 atom stereocenters. The lowest BCUT2D eigenvalue weighted by molar-refractivity contribution is -0.154. The minimum absolute atomic E-state index is 0.200. The Balaban J connectivity index is 1.52. The summed E-state index contributed by atoms with van der Waals surface area (Å²) < 4.78 is 42.5. The number of carbonyl (C=O) groups is 1. The molecular weight excluding hydrogens is 351 g/mol. The predicted octanol–water partition coefficient (Wildman–Crippen LogP) is 2.04. The predicted molar refractivity (Wildman–Crippen MR) is 84.8 cm³/mol. The molecule has 0 spiro atoms. The molecule has 3 rings (SSSR count). The van der Waals surface area contributed by atoms with Crippen LogP contribution in [0.3, 0.4) is 0 Å². The molecule has 0 aliphatic carbocycles. The van der Waals surface area contributed by atoms with Crippen molar-refractivity contribution in [3.05, 3.63) is 54.1 Å². The van der Waals surface area contributed by atoms with Gasteiger partial charge in [-0.05, 0) is 18.2 Å². The van der Waals surface area contributed by atoms with Crippen molar-refractivity contribution in [2.45, 2.75) is 12.6 Å². The molecule has 1 N–H and O–H groups in total. The third-order valence-electron chi connectivity index (χ3n) is 3.40. The summed E-state index contributed by atoms with van der Waals surface area (Å²) >= 11 is 0. The number of carbonyl (C=O) groups excluding carboxylic acids is 1. The van der Waals surface area contributed by atoms with Gasteiger partial charge in [0, 0.05) is 31.4 Å². The van der Waals surface area contributed by atoms with Crippen LogP contribution in [0.5, 0.6) is 5.88 Å². The highest BCUT2D eigenvalue weighted by atomic mass is 19.4. The first kappa shape index (κ1) is 17.6. The molecule has 7 nitrogen and oxygen atoms in total. The average molecular weight is 365 g/mol. The summed E-state index contributed by atoms with van der Waals surface area (Å²) in [4.78, 5) is 15.7. The second-order valence-electron chi connectivity index (χ2n) is 5.34. The van der Waals surface area contributed by atoms with Gasteiger partial charge in [-0.1, -0.05) is 6.07 Å². The molecule has 1 amide bonds. The van der Waals surface area contributed by atoms with Gasteiger partial charge in [0.1, 0.15) is 5.82 Å². The van der Waals surface area contributed by atoms with E-state index in [-0.39, 0.29) is 11.4 Å². The van der Waals surface area contributed by atoms with E-state index >= 15 is 0 Å². The monoisotopic (exact) mass is 365 g/mol. The lowest BCUT2D eigenvalue weighted by Crippen LogP contribution is -2.26. The number of aromatic nitrogens is 4. The summed E-state index contributed by atoms with van der Waals surface area (Å²) in [6, 6.07) is 8.09. The number of hydrogen-bond acceptors (Lipinski definition) is 5. The summed E-state index contributed by atoms with van der Waals surface area (Å²) in [5, 5.41) is 10.8. The van der Waals surface area contributed by atoms with Gasteiger partial charge in [0.15, 0.2) is 12.3 Å². The molecule has 3 aromatic heterocycles. The minimum Gasteiger partial charge on any atom is -0.468 e. The Kier molecular flexibility index (Phi) is 5.01. The van der Waals surface area contributed by atoms with Crippen molar-refractivity contribution in [2.75, 3.05) is 13.2 Å². The maximum absolute atomic E-state index is 12.1. The Morgan fingerprint density at radius 2 is 2.04 bits per heavy atom. The third-order valence-corrected chi connectivity index (χ3v) is 3.40. The summed E-state index contributed by atoms with van der Waals surface area (Å²) in [7, 11) is 0. The van der Waals surface area contributed by atoms with Crippen LogP contribution in [-0.2, 0) is 6.42 Å². The van der Waals surface area contributed by atoms with Crippen LogP contribution in [0.25, 0.3) is 5.65 Å². The van der Waals surface area contributed by atoms with Crippen molar-refractivity contribution in [3.8, 4) is 5.88 Å². The number of pyridine rings is 2. The topological polar surface area (TPSA) is 81.4 Å². The quantitative estimate of drug-likeness (QED) is 0.723. The van der Waals surface area contributed by atoms with Crippen LogP contribution in [0.15, 0.2) is 42.7 Å².